The zero-order valence-corrected chi connectivity index (χ0v) is 10.7. The van der Waals surface area contributed by atoms with Gasteiger partial charge in [-0.3, -0.25) is 0 Å². The van der Waals surface area contributed by atoms with Crippen LogP contribution in [-0.4, -0.2) is 5.11 Å². The molecular formula is C13H10BrClO. The second-order valence-electron chi connectivity index (χ2n) is 3.48. The Labute approximate surface area is 108 Å². The molecule has 0 aliphatic heterocycles. The van der Waals surface area contributed by atoms with Crippen LogP contribution in [0.2, 0.25) is 5.02 Å². The van der Waals surface area contributed by atoms with Crippen LogP contribution >= 0.6 is 27.5 Å². The first kappa shape index (κ1) is 11.6. The summed E-state index contributed by atoms with van der Waals surface area (Å²) in [5, 5.41) is 10.8. The van der Waals surface area contributed by atoms with E-state index in [-0.39, 0.29) is 0 Å². The highest BCUT2D eigenvalue weighted by Gasteiger charge is 2.13. The van der Waals surface area contributed by atoms with Gasteiger partial charge in [0.15, 0.2) is 0 Å². The van der Waals surface area contributed by atoms with Crippen LogP contribution < -0.4 is 0 Å². The first-order valence-corrected chi connectivity index (χ1v) is 6.03. The molecule has 0 amide bonds. The van der Waals surface area contributed by atoms with E-state index in [1.807, 2.05) is 36.4 Å². The van der Waals surface area contributed by atoms with E-state index in [0.29, 0.717) is 5.02 Å². The Hall–Kier alpha value is -0.830. The minimum atomic E-state index is -0.632. The number of hydrogen-bond acceptors (Lipinski definition) is 1. The van der Waals surface area contributed by atoms with Gasteiger partial charge < -0.3 is 5.11 Å². The summed E-state index contributed by atoms with van der Waals surface area (Å²) in [6, 6.07) is 14.9. The fraction of sp³-hybridized carbons (Fsp3) is 0.0769. The number of benzene rings is 2. The molecule has 1 nitrogen and oxygen atoms in total. The molecule has 2 aromatic carbocycles. The van der Waals surface area contributed by atoms with E-state index in [9.17, 15) is 5.11 Å². The SMILES string of the molecule is O[C@@H](c1ccccc1)c1ccc(Cl)cc1Br. The van der Waals surface area contributed by atoms with Crippen molar-refractivity contribution in [2.75, 3.05) is 0 Å². The minimum absolute atomic E-state index is 0.632. The third-order valence-electron chi connectivity index (χ3n) is 2.37. The van der Waals surface area contributed by atoms with Crippen molar-refractivity contribution in [2.24, 2.45) is 0 Å². The topological polar surface area (TPSA) is 20.2 Å². The monoisotopic (exact) mass is 296 g/mol. The molecule has 0 aromatic heterocycles. The van der Waals surface area contributed by atoms with Gasteiger partial charge in [-0.25, -0.2) is 0 Å². The van der Waals surface area contributed by atoms with Gasteiger partial charge in [0.25, 0.3) is 0 Å². The maximum absolute atomic E-state index is 10.2. The summed E-state index contributed by atoms with van der Waals surface area (Å²) in [6.45, 7) is 0. The Kier molecular flexibility index (Phi) is 3.64. The Morgan fingerprint density at radius 3 is 2.38 bits per heavy atom. The maximum atomic E-state index is 10.2. The van der Waals surface area contributed by atoms with E-state index >= 15 is 0 Å². The lowest BCUT2D eigenvalue weighted by Gasteiger charge is -2.13. The molecule has 0 saturated heterocycles. The predicted molar refractivity (Wildman–Crippen MR) is 69.7 cm³/mol. The second-order valence-corrected chi connectivity index (χ2v) is 4.77. The van der Waals surface area contributed by atoms with Crippen molar-refractivity contribution in [1.82, 2.24) is 0 Å². The molecule has 0 fully saturated rings. The molecule has 0 spiro atoms. The number of rotatable bonds is 2. The van der Waals surface area contributed by atoms with Crippen LogP contribution in [0.4, 0.5) is 0 Å². The third-order valence-corrected chi connectivity index (χ3v) is 3.29. The Balaban J connectivity index is 2.38. The molecule has 2 rings (SSSR count). The molecule has 1 atom stereocenters. The van der Waals surface area contributed by atoms with Gasteiger partial charge in [0.2, 0.25) is 0 Å². The molecule has 0 saturated carbocycles. The lowest BCUT2D eigenvalue weighted by Crippen LogP contribution is -2.00. The molecule has 0 bridgehead atoms. The predicted octanol–water partition coefficient (Wildman–Crippen LogP) is 4.18. The maximum Gasteiger partial charge on any atom is 0.105 e. The van der Waals surface area contributed by atoms with Crippen LogP contribution in [0.15, 0.2) is 53.0 Å². The molecule has 1 N–H and O–H groups in total. The van der Waals surface area contributed by atoms with Gasteiger partial charge in [0.05, 0.1) is 0 Å². The Morgan fingerprint density at radius 2 is 1.75 bits per heavy atom. The van der Waals surface area contributed by atoms with Crippen LogP contribution in [0.1, 0.15) is 17.2 Å². The van der Waals surface area contributed by atoms with Crippen molar-refractivity contribution in [2.45, 2.75) is 6.10 Å². The fourth-order valence-electron chi connectivity index (χ4n) is 1.54. The summed E-state index contributed by atoms with van der Waals surface area (Å²) in [7, 11) is 0. The largest absolute Gasteiger partial charge is 0.384 e. The fourth-order valence-corrected chi connectivity index (χ4v) is 2.44. The quantitative estimate of drug-likeness (QED) is 0.881. The standard InChI is InChI=1S/C13H10BrClO/c14-12-8-10(15)6-7-11(12)13(16)9-4-2-1-3-5-9/h1-8,13,16H/t13-/m0/s1. The number of hydrogen-bond donors (Lipinski definition) is 1. The highest BCUT2D eigenvalue weighted by molar-refractivity contribution is 9.10. The average Bonchev–Trinajstić information content (AvgIpc) is 2.29. The molecule has 0 aliphatic carbocycles. The van der Waals surface area contributed by atoms with Gasteiger partial charge in [0.1, 0.15) is 6.10 Å². The molecule has 0 unspecified atom stereocenters. The van der Waals surface area contributed by atoms with Crippen LogP contribution in [0, 0.1) is 0 Å². The summed E-state index contributed by atoms with van der Waals surface area (Å²) >= 11 is 9.26. The van der Waals surface area contributed by atoms with E-state index in [1.54, 1.807) is 12.1 Å². The average molecular weight is 298 g/mol. The normalized spacial score (nSPS) is 12.4. The van der Waals surface area contributed by atoms with Crippen LogP contribution in [0.3, 0.4) is 0 Å². The molecule has 3 heteroatoms. The molecule has 82 valence electrons. The number of aliphatic hydroxyl groups is 1. The van der Waals surface area contributed by atoms with Gasteiger partial charge >= 0.3 is 0 Å². The van der Waals surface area contributed by atoms with Crippen molar-refractivity contribution < 1.29 is 5.11 Å². The molecular weight excluding hydrogens is 287 g/mol. The second kappa shape index (κ2) is 5.00. The van der Waals surface area contributed by atoms with Crippen molar-refractivity contribution in [3.8, 4) is 0 Å². The summed E-state index contributed by atoms with van der Waals surface area (Å²) < 4.78 is 0.816. The first-order valence-electron chi connectivity index (χ1n) is 4.86. The molecule has 0 heterocycles. The first-order chi connectivity index (χ1) is 7.68. The smallest absolute Gasteiger partial charge is 0.105 e. The van der Waals surface area contributed by atoms with Crippen LogP contribution in [0.25, 0.3) is 0 Å². The molecule has 0 radical (unpaired) electrons. The van der Waals surface area contributed by atoms with Gasteiger partial charge in [-0.2, -0.15) is 0 Å². The van der Waals surface area contributed by atoms with Gasteiger partial charge in [-0.05, 0) is 23.3 Å². The highest BCUT2D eigenvalue weighted by Crippen LogP contribution is 2.30. The van der Waals surface area contributed by atoms with Crippen molar-refractivity contribution in [3.05, 3.63) is 69.2 Å². The zero-order chi connectivity index (χ0) is 11.5. The van der Waals surface area contributed by atoms with E-state index in [1.165, 1.54) is 0 Å². The summed E-state index contributed by atoms with van der Waals surface area (Å²) in [6.07, 6.45) is -0.632. The Morgan fingerprint density at radius 1 is 1.06 bits per heavy atom. The highest BCUT2D eigenvalue weighted by atomic mass is 79.9. The van der Waals surface area contributed by atoms with E-state index in [2.05, 4.69) is 15.9 Å². The summed E-state index contributed by atoms with van der Waals surface area (Å²) in [5.41, 5.74) is 1.68. The number of aliphatic hydroxyl groups excluding tert-OH is 1. The lowest BCUT2D eigenvalue weighted by molar-refractivity contribution is 0.219. The van der Waals surface area contributed by atoms with Crippen molar-refractivity contribution >= 4 is 27.5 Å². The van der Waals surface area contributed by atoms with Crippen molar-refractivity contribution in [3.63, 3.8) is 0 Å². The van der Waals surface area contributed by atoms with Crippen LogP contribution in [-0.2, 0) is 0 Å². The van der Waals surface area contributed by atoms with Gasteiger partial charge in [0, 0.05) is 9.50 Å². The van der Waals surface area contributed by atoms with Crippen LogP contribution in [0.5, 0.6) is 0 Å². The molecule has 16 heavy (non-hydrogen) atoms. The Bertz CT molecular complexity index is 485. The van der Waals surface area contributed by atoms with Gasteiger partial charge in [-0.1, -0.05) is 63.9 Å². The number of halogens is 2. The molecule has 0 aliphatic rings. The van der Waals surface area contributed by atoms with Gasteiger partial charge in [-0.15, -0.1) is 0 Å². The lowest BCUT2D eigenvalue weighted by atomic mass is 10.0. The summed E-state index contributed by atoms with van der Waals surface area (Å²) in [4.78, 5) is 0. The van der Waals surface area contributed by atoms with E-state index in [4.69, 9.17) is 11.6 Å². The third kappa shape index (κ3) is 2.46. The van der Waals surface area contributed by atoms with Crippen molar-refractivity contribution in [1.29, 1.82) is 0 Å². The minimum Gasteiger partial charge on any atom is -0.384 e. The van der Waals surface area contributed by atoms with E-state index < -0.39 is 6.10 Å². The van der Waals surface area contributed by atoms with E-state index in [0.717, 1.165) is 15.6 Å². The molecule has 2 aromatic rings. The zero-order valence-electron chi connectivity index (χ0n) is 8.40. The summed E-state index contributed by atoms with van der Waals surface area (Å²) in [5.74, 6) is 0.